The van der Waals surface area contributed by atoms with Gasteiger partial charge in [-0.15, -0.1) is 0 Å². The average Bonchev–Trinajstić information content (AvgIpc) is 2.15. The maximum Gasteiger partial charge on any atom is 0.391 e. The number of hydrogen-bond donors (Lipinski definition) is 2. The van der Waals surface area contributed by atoms with Crippen LogP contribution in [0.4, 0.5) is 18.9 Å². The van der Waals surface area contributed by atoms with Crippen LogP contribution in [0.3, 0.4) is 0 Å². The molecule has 3 nitrogen and oxygen atoms in total. The summed E-state index contributed by atoms with van der Waals surface area (Å²) >= 11 is 0. The van der Waals surface area contributed by atoms with Crippen LogP contribution in [-0.2, 0) is 6.61 Å². The van der Waals surface area contributed by atoms with Crippen LogP contribution in [0.25, 0.3) is 0 Å². The molecule has 6 heteroatoms. The van der Waals surface area contributed by atoms with Gasteiger partial charge in [-0.1, -0.05) is 0 Å². The first-order valence-electron chi connectivity index (χ1n) is 4.79. The molecule has 0 bridgehead atoms. The van der Waals surface area contributed by atoms with Crippen molar-refractivity contribution < 1.29 is 18.3 Å². The molecule has 1 heterocycles. The van der Waals surface area contributed by atoms with Crippen LogP contribution >= 0.6 is 0 Å². The minimum atomic E-state index is -4.20. The minimum Gasteiger partial charge on any atom is -0.392 e. The molecule has 1 atom stereocenters. The molecule has 90 valence electrons. The number of rotatable bonds is 4. The Morgan fingerprint density at radius 1 is 1.50 bits per heavy atom. The van der Waals surface area contributed by atoms with Crippen LogP contribution in [0, 0.1) is 0 Å². The van der Waals surface area contributed by atoms with Crippen molar-refractivity contribution >= 4 is 5.69 Å². The van der Waals surface area contributed by atoms with Gasteiger partial charge in [0.2, 0.25) is 0 Å². The molecule has 0 aliphatic heterocycles. The predicted octanol–water partition coefficient (Wildman–Crippen LogP) is 2.33. The Kier molecular flexibility index (Phi) is 4.12. The molecule has 0 radical (unpaired) electrons. The van der Waals surface area contributed by atoms with Crippen LogP contribution in [-0.4, -0.2) is 22.3 Å². The van der Waals surface area contributed by atoms with Crippen molar-refractivity contribution in [3.05, 3.63) is 24.0 Å². The van der Waals surface area contributed by atoms with E-state index in [1.54, 1.807) is 6.07 Å². The number of anilines is 1. The van der Waals surface area contributed by atoms with Gasteiger partial charge < -0.3 is 10.4 Å². The first-order valence-corrected chi connectivity index (χ1v) is 4.79. The highest BCUT2D eigenvalue weighted by molar-refractivity contribution is 5.49. The third-order valence-electron chi connectivity index (χ3n) is 2.02. The Balaban J connectivity index is 2.65. The summed E-state index contributed by atoms with van der Waals surface area (Å²) in [6.07, 6.45) is -2.25. The summed E-state index contributed by atoms with van der Waals surface area (Å²) in [5.74, 6) is 0. The van der Waals surface area contributed by atoms with E-state index in [1.807, 2.05) is 0 Å². The van der Waals surface area contributed by atoms with Crippen LogP contribution in [0.15, 0.2) is 18.5 Å². The van der Waals surface area contributed by atoms with E-state index < -0.39 is 18.6 Å². The molecule has 0 aliphatic carbocycles. The van der Waals surface area contributed by atoms with Gasteiger partial charge in [0.15, 0.2) is 0 Å². The monoisotopic (exact) mass is 234 g/mol. The first kappa shape index (κ1) is 12.8. The third-order valence-corrected chi connectivity index (χ3v) is 2.02. The summed E-state index contributed by atoms with van der Waals surface area (Å²) in [7, 11) is 0. The van der Waals surface area contributed by atoms with E-state index in [1.165, 1.54) is 19.3 Å². The molecule has 1 rings (SSSR count). The highest BCUT2D eigenvalue weighted by Gasteiger charge is 2.30. The molecule has 2 N–H and O–H groups in total. The molecule has 0 aromatic carbocycles. The second kappa shape index (κ2) is 5.16. The van der Waals surface area contributed by atoms with E-state index in [0.29, 0.717) is 11.3 Å². The molecule has 1 unspecified atom stereocenters. The third kappa shape index (κ3) is 4.06. The Labute approximate surface area is 91.3 Å². The van der Waals surface area contributed by atoms with Crippen LogP contribution in [0.2, 0.25) is 0 Å². The van der Waals surface area contributed by atoms with Crippen molar-refractivity contribution in [1.29, 1.82) is 0 Å². The van der Waals surface area contributed by atoms with Crippen molar-refractivity contribution in [2.24, 2.45) is 0 Å². The lowest BCUT2D eigenvalue weighted by Gasteiger charge is -2.18. The van der Waals surface area contributed by atoms with Crippen molar-refractivity contribution in [3.8, 4) is 0 Å². The van der Waals surface area contributed by atoms with E-state index in [2.05, 4.69) is 10.3 Å². The zero-order valence-corrected chi connectivity index (χ0v) is 8.75. The molecular formula is C10H13F3N2O. The van der Waals surface area contributed by atoms with E-state index in [0.717, 1.165) is 0 Å². The average molecular weight is 234 g/mol. The topological polar surface area (TPSA) is 45.2 Å². The number of pyridine rings is 1. The normalized spacial score (nSPS) is 13.6. The fraction of sp³-hybridized carbons (Fsp3) is 0.500. The van der Waals surface area contributed by atoms with Gasteiger partial charge in [0.25, 0.3) is 0 Å². The van der Waals surface area contributed by atoms with Gasteiger partial charge >= 0.3 is 6.18 Å². The van der Waals surface area contributed by atoms with E-state index in [-0.39, 0.29) is 6.61 Å². The summed E-state index contributed by atoms with van der Waals surface area (Å²) in [6, 6.07) is 0.803. The molecule has 1 aromatic rings. The zero-order chi connectivity index (χ0) is 12.2. The summed E-state index contributed by atoms with van der Waals surface area (Å²) in [6.45, 7) is 1.20. The van der Waals surface area contributed by atoms with Gasteiger partial charge in [0.1, 0.15) is 0 Å². The Bertz CT molecular complexity index is 341. The Morgan fingerprint density at radius 3 is 2.75 bits per heavy atom. The predicted molar refractivity (Wildman–Crippen MR) is 53.9 cm³/mol. The van der Waals surface area contributed by atoms with Gasteiger partial charge in [0.05, 0.1) is 24.9 Å². The van der Waals surface area contributed by atoms with Crippen molar-refractivity contribution in [2.45, 2.75) is 32.2 Å². The van der Waals surface area contributed by atoms with Gasteiger partial charge in [-0.05, 0) is 13.0 Å². The number of aromatic nitrogens is 1. The number of aliphatic hydroxyl groups is 1. The molecule has 1 aromatic heterocycles. The fourth-order valence-corrected chi connectivity index (χ4v) is 1.35. The minimum absolute atomic E-state index is 0.233. The molecule has 16 heavy (non-hydrogen) atoms. The standard InChI is InChI=1S/C10H13F3N2O/c1-7(4-10(11,12)13)15-9-5-14-3-2-8(9)6-16/h2-3,5,7,15-16H,4,6H2,1H3. The van der Waals surface area contributed by atoms with Crippen molar-refractivity contribution in [1.82, 2.24) is 4.98 Å². The largest absolute Gasteiger partial charge is 0.392 e. The van der Waals surface area contributed by atoms with Gasteiger partial charge in [-0.2, -0.15) is 13.2 Å². The molecule has 0 aliphatic rings. The SMILES string of the molecule is CC(CC(F)(F)F)Nc1cnccc1CO. The van der Waals surface area contributed by atoms with Crippen LogP contribution in [0.5, 0.6) is 0 Å². The van der Waals surface area contributed by atoms with Gasteiger partial charge in [-0.25, -0.2) is 0 Å². The molecule has 0 fully saturated rings. The van der Waals surface area contributed by atoms with Crippen LogP contribution in [0.1, 0.15) is 18.9 Å². The number of halogens is 3. The number of alkyl halides is 3. The molecule has 0 amide bonds. The number of aliphatic hydroxyl groups excluding tert-OH is 1. The van der Waals surface area contributed by atoms with Crippen molar-refractivity contribution in [2.75, 3.05) is 5.32 Å². The lowest BCUT2D eigenvalue weighted by atomic mass is 10.2. The first-order chi connectivity index (χ1) is 7.42. The summed E-state index contributed by atoms with van der Waals surface area (Å²) < 4.78 is 36.3. The lowest BCUT2D eigenvalue weighted by Crippen LogP contribution is -2.24. The highest BCUT2D eigenvalue weighted by atomic mass is 19.4. The number of nitrogens with zero attached hydrogens (tertiary/aromatic N) is 1. The Morgan fingerprint density at radius 2 is 2.19 bits per heavy atom. The molecule has 0 saturated heterocycles. The number of hydrogen-bond acceptors (Lipinski definition) is 3. The van der Waals surface area contributed by atoms with Crippen molar-refractivity contribution in [3.63, 3.8) is 0 Å². The molecular weight excluding hydrogens is 221 g/mol. The van der Waals surface area contributed by atoms with Gasteiger partial charge in [-0.3, -0.25) is 4.98 Å². The summed E-state index contributed by atoms with van der Waals surface area (Å²) in [5, 5.41) is 11.6. The van der Waals surface area contributed by atoms with E-state index in [9.17, 15) is 13.2 Å². The second-order valence-electron chi connectivity index (χ2n) is 3.56. The smallest absolute Gasteiger partial charge is 0.391 e. The lowest BCUT2D eigenvalue weighted by molar-refractivity contribution is -0.136. The number of nitrogens with one attached hydrogen (secondary N) is 1. The zero-order valence-electron chi connectivity index (χ0n) is 8.75. The summed E-state index contributed by atoms with van der Waals surface area (Å²) in [5.41, 5.74) is 0.964. The van der Waals surface area contributed by atoms with E-state index >= 15 is 0 Å². The highest BCUT2D eigenvalue weighted by Crippen LogP contribution is 2.24. The maximum absolute atomic E-state index is 12.1. The summed E-state index contributed by atoms with van der Waals surface area (Å²) in [4.78, 5) is 3.79. The van der Waals surface area contributed by atoms with Crippen LogP contribution < -0.4 is 5.32 Å². The Hall–Kier alpha value is -1.30. The molecule has 0 spiro atoms. The second-order valence-corrected chi connectivity index (χ2v) is 3.56. The molecule has 0 saturated carbocycles. The maximum atomic E-state index is 12.1. The quantitative estimate of drug-likeness (QED) is 0.840. The van der Waals surface area contributed by atoms with E-state index in [4.69, 9.17) is 5.11 Å². The fourth-order valence-electron chi connectivity index (χ4n) is 1.35. The van der Waals surface area contributed by atoms with Gasteiger partial charge in [0, 0.05) is 17.8 Å².